The zero-order valence-electron chi connectivity index (χ0n) is 9.61. The molecule has 4 heteroatoms. The summed E-state index contributed by atoms with van der Waals surface area (Å²) in [6.07, 6.45) is 1.11. The molecule has 1 saturated heterocycles. The average molecular weight is 249 g/mol. The number of carbonyl (C=O) groups excluding carboxylic acids is 1. The fraction of sp³-hybridized carbons (Fsp3) is 0.308. The predicted molar refractivity (Wildman–Crippen MR) is 68.4 cm³/mol. The third-order valence-electron chi connectivity index (χ3n) is 3.37. The van der Waals surface area contributed by atoms with Gasteiger partial charge in [0.15, 0.2) is 0 Å². The summed E-state index contributed by atoms with van der Waals surface area (Å²) in [4.78, 5) is 14.0. The highest BCUT2D eigenvalue weighted by Crippen LogP contribution is 2.24. The third kappa shape index (κ3) is 1.62. The molecule has 2 aromatic rings. The normalized spacial score (nSPS) is 15.1. The second-order valence-corrected chi connectivity index (χ2v) is 4.87. The zero-order valence-corrected chi connectivity index (χ0v) is 10.4. The number of halogens is 1. The molecule has 0 unspecified atom stereocenters. The monoisotopic (exact) mass is 248 g/mol. The molecule has 0 atom stereocenters. The standard InChI is InChI=1S/C13H13ClN2O/c1-15-11-4-3-10(14)7-9(11)8-12(15)13(17)16-5-2-6-16/h3-4,7-8H,2,5-6H2,1H3. The Labute approximate surface area is 105 Å². The van der Waals surface area contributed by atoms with Crippen LogP contribution in [0.15, 0.2) is 24.3 Å². The van der Waals surface area contributed by atoms with E-state index in [4.69, 9.17) is 11.6 Å². The van der Waals surface area contributed by atoms with Gasteiger partial charge in [0.2, 0.25) is 0 Å². The Morgan fingerprint density at radius 2 is 2.06 bits per heavy atom. The number of fused-ring (bicyclic) bond motifs is 1. The van der Waals surface area contributed by atoms with Crippen LogP contribution in [0.5, 0.6) is 0 Å². The van der Waals surface area contributed by atoms with Gasteiger partial charge in [-0.15, -0.1) is 0 Å². The molecular formula is C13H13ClN2O. The minimum Gasteiger partial charge on any atom is -0.340 e. The van der Waals surface area contributed by atoms with E-state index in [1.54, 1.807) is 0 Å². The lowest BCUT2D eigenvalue weighted by Gasteiger charge is -2.30. The molecule has 0 aliphatic carbocycles. The van der Waals surface area contributed by atoms with Crippen LogP contribution in [0.4, 0.5) is 0 Å². The van der Waals surface area contributed by atoms with E-state index in [1.807, 2.05) is 40.8 Å². The maximum atomic E-state index is 12.2. The molecule has 88 valence electrons. The summed E-state index contributed by atoms with van der Waals surface area (Å²) in [6.45, 7) is 1.75. The quantitative estimate of drug-likeness (QED) is 0.762. The van der Waals surface area contributed by atoms with E-state index in [-0.39, 0.29) is 5.91 Å². The first-order valence-electron chi connectivity index (χ1n) is 5.71. The van der Waals surface area contributed by atoms with E-state index in [9.17, 15) is 4.79 Å². The van der Waals surface area contributed by atoms with Crippen molar-refractivity contribution in [1.82, 2.24) is 9.47 Å². The van der Waals surface area contributed by atoms with Crippen LogP contribution >= 0.6 is 11.6 Å². The number of aryl methyl sites for hydroxylation is 1. The Hall–Kier alpha value is -1.48. The van der Waals surface area contributed by atoms with Crippen molar-refractivity contribution in [2.45, 2.75) is 6.42 Å². The molecule has 0 saturated carbocycles. The Morgan fingerprint density at radius 3 is 2.71 bits per heavy atom. The van der Waals surface area contributed by atoms with E-state index in [0.717, 1.165) is 36.1 Å². The van der Waals surface area contributed by atoms with Crippen LogP contribution in [0.25, 0.3) is 10.9 Å². The molecule has 1 aliphatic rings. The second kappa shape index (κ2) is 3.77. The lowest BCUT2D eigenvalue weighted by molar-refractivity contribution is 0.0642. The Kier molecular flexibility index (Phi) is 2.37. The van der Waals surface area contributed by atoms with Crippen molar-refractivity contribution < 1.29 is 4.79 Å². The van der Waals surface area contributed by atoms with Crippen LogP contribution < -0.4 is 0 Å². The summed E-state index contributed by atoms with van der Waals surface area (Å²) in [6, 6.07) is 7.61. The summed E-state index contributed by atoms with van der Waals surface area (Å²) in [5.41, 5.74) is 1.78. The van der Waals surface area contributed by atoms with Crippen LogP contribution in [-0.2, 0) is 7.05 Å². The van der Waals surface area contributed by atoms with Crippen LogP contribution in [0, 0.1) is 0 Å². The van der Waals surface area contributed by atoms with Gasteiger partial charge in [0.05, 0.1) is 0 Å². The molecule has 0 bridgehead atoms. The van der Waals surface area contributed by atoms with Crippen molar-refractivity contribution in [3.8, 4) is 0 Å². The van der Waals surface area contributed by atoms with Gasteiger partial charge in [0.25, 0.3) is 5.91 Å². The molecule has 3 rings (SSSR count). The fourth-order valence-electron chi connectivity index (χ4n) is 2.21. The number of hydrogen-bond acceptors (Lipinski definition) is 1. The number of hydrogen-bond donors (Lipinski definition) is 0. The number of benzene rings is 1. The summed E-state index contributed by atoms with van der Waals surface area (Å²) >= 11 is 5.96. The maximum Gasteiger partial charge on any atom is 0.270 e. The molecule has 1 fully saturated rings. The number of nitrogens with zero attached hydrogens (tertiary/aromatic N) is 2. The molecule has 1 aliphatic heterocycles. The van der Waals surface area contributed by atoms with Crippen LogP contribution in [0.1, 0.15) is 16.9 Å². The van der Waals surface area contributed by atoms with Crippen LogP contribution in [0.3, 0.4) is 0 Å². The van der Waals surface area contributed by atoms with Gasteiger partial charge in [-0.3, -0.25) is 4.79 Å². The Balaban J connectivity index is 2.10. The van der Waals surface area contributed by atoms with E-state index in [2.05, 4.69) is 0 Å². The minimum atomic E-state index is 0.117. The second-order valence-electron chi connectivity index (χ2n) is 4.44. The number of likely N-dealkylation sites (tertiary alicyclic amines) is 1. The van der Waals surface area contributed by atoms with Gasteiger partial charge in [-0.25, -0.2) is 0 Å². The molecule has 1 aromatic heterocycles. The van der Waals surface area contributed by atoms with E-state index < -0.39 is 0 Å². The van der Waals surface area contributed by atoms with Gasteiger partial charge in [-0.05, 0) is 30.7 Å². The van der Waals surface area contributed by atoms with Crippen LogP contribution in [-0.4, -0.2) is 28.5 Å². The molecule has 0 N–H and O–H groups in total. The lowest BCUT2D eigenvalue weighted by Crippen LogP contribution is -2.42. The van der Waals surface area contributed by atoms with Crippen molar-refractivity contribution in [2.75, 3.05) is 13.1 Å². The van der Waals surface area contributed by atoms with Crippen LogP contribution in [0.2, 0.25) is 5.02 Å². The largest absolute Gasteiger partial charge is 0.340 e. The van der Waals surface area contributed by atoms with Gasteiger partial charge in [-0.2, -0.15) is 0 Å². The third-order valence-corrected chi connectivity index (χ3v) is 3.60. The number of carbonyl (C=O) groups is 1. The summed E-state index contributed by atoms with van der Waals surface area (Å²) in [5, 5.41) is 1.72. The van der Waals surface area contributed by atoms with Crippen molar-refractivity contribution in [1.29, 1.82) is 0 Å². The molecule has 1 aromatic carbocycles. The van der Waals surface area contributed by atoms with Gasteiger partial charge >= 0.3 is 0 Å². The van der Waals surface area contributed by atoms with Gasteiger partial charge in [0, 0.05) is 36.1 Å². The van der Waals surface area contributed by atoms with Gasteiger partial charge < -0.3 is 9.47 Å². The lowest BCUT2D eigenvalue weighted by atomic mass is 10.2. The zero-order chi connectivity index (χ0) is 12.0. The number of rotatable bonds is 1. The summed E-state index contributed by atoms with van der Waals surface area (Å²) in [7, 11) is 1.92. The summed E-state index contributed by atoms with van der Waals surface area (Å²) in [5.74, 6) is 0.117. The highest BCUT2D eigenvalue weighted by atomic mass is 35.5. The predicted octanol–water partition coefficient (Wildman–Crippen LogP) is 2.68. The minimum absolute atomic E-state index is 0.117. The first-order valence-corrected chi connectivity index (χ1v) is 6.09. The molecule has 3 nitrogen and oxygen atoms in total. The molecule has 1 amide bonds. The van der Waals surface area contributed by atoms with Crippen molar-refractivity contribution in [2.24, 2.45) is 7.05 Å². The molecule has 0 spiro atoms. The topological polar surface area (TPSA) is 25.2 Å². The number of aromatic nitrogens is 1. The van der Waals surface area contributed by atoms with Gasteiger partial charge in [0.1, 0.15) is 5.69 Å². The first kappa shape index (κ1) is 10.7. The molecule has 17 heavy (non-hydrogen) atoms. The highest BCUT2D eigenvalue weighted by Gasteiger charge is 2.24. The van der Waals surface area contributed by atoms with Crippen molar-refractivity contribution >= 4 is 28.4 Å². The van der Waals surface area contributed by atoms with E-state index in [1.165, 1.54) is 0 Å². The molecular weight excluding hydrogens is 236 g/mol. The summed E-state index contributed by atoms with van der Waals surface area (Å²) < 4.78 is 1.94. The number of amides is 1. The smallest absolute Gasteiger partial charge is 0.270 e. The Morgan fingerprint density at radius 1 is 1.29 bits per heavy atom. The Bertz CT molecular complexity index is 599. The van der Waals surface area contributed by atoms with Crippen molar-refractivity contribution in [3.63, 3.8) is 0 Å². The maximum absolute atomic E-state index is 12.2. The van der Waals surface area contributed by atoms with E-state index in [0.29, 0.717) is 5.02 Å². The molecule has 2 heterocycles. The highest BCUT2D eigenvalue weighted by molar-refractivity contribution is 6.31. The fourth-order valence-corrected chi connectivity index (χ4v) is 2.39. The van der Waals surface area contributed by atoms with Gasteiger partial charge in [-0.1, -0.05) is 11.6 Å². The van der Waals surface area contributed by atoms with Crippen molar-refractivity contribution in [3.05, 3.63) is 35.0 Å². The average Bonchev–Trinajstić information content (AvgIpc) is 2.53. The SMILES string of the molecule is Cn1c(C(=O)N2CCC2)cc2cc(Cl)ccc21. The first-order chi connectivity index (χ1) is 8.16. The molecule has 0 radical (unpaired) electrons. The van der Waals surface area contributed by atoms with E-state index >= 15 is 0 Å².